The Morgan fingerprint density at radius 1 is 1.30 bits per heavy atom. The molecule has 1 heterocycles. The van der Waals surface area contributed by atoms with E-state index in [4.69, 9.17) is 9.52 Å². The zero-order valence-corrected chi connectivity index (χ0v) is 11.8. The van der Waals surface area contributed by atoms with Crippen LogP contribution >= 0.6 is 0 Å². The highest BCUT2D eigenvalue weighted by molar-refractivity contribution is 5.90. The molecule has 1 aromatic heterocycles. The quantitative estimate of drug-likeness (QED) is 0.928. The van der Waals surface area contributed by atoms with E-state index in [1.165, 1.54) is 11.9 Å². The Hall–Kier alpha value is -2.30. The number of carboxylic acid groups (broad SMARTS) is 1. The number of benzene rings is 1. The first-order valence-electron chi connectivity index (χ1n) is 6.32. The molecule has 20 heavy (non-hydrogen) atoms. The molecular formula is C15H17NO4. The second-order valence-corrected chi connectivity index (χ2v) is 4.97. The van der Waals surface area contributed by atoms with E-state index in [9.17, 15) is 9.59 Å². The third kappa shape index (κ3) is 2.66. The number of hydrogen-bond donors (Lipinski definition) is 1. The standard InChI is InChI=1S/C15H17NO4/c1-9-4-5-12-11(8-20-15(12)10(9)2)6-13(17)16(3)7-14(18)19/h4-5,8H,6-7H2,1-3H3,(H,18,19). The van der Waals surface area contributed by atoms with Crippen LogP contribution in [0.15, 0.2) is 22.8 Å². The number of fused-ring (bicyclic) bond motifs is 1. The van der Waals surface area contributed by atoms with E-state index in [2.05, 4.69) is 0 Å². The molecular weight excluding hydrogens is 258 g/mol. The van der Waals surface area contributed by atoms with Crippen molar-refractivity contribution < 1.29 is 19.1 Å². The van der Waals surface area contributed by atoms with Gasteiger partial charge < -0.3 is 14.4 Å². The van der Waals surface area contributed by atoms with E-state index in [1.807, 2.05) is 26.0 Å². The molecule has 1 N–H and O–H groups in total. The number of likely N-dealkylation sites (N-methyl/N-ethyl adjacent to an activating group) is 1. The summed E-state index contributed by atoms with van der Waals surface area (Å²) in [5.74, 6) is -1.27. The van der Waals surface area contributed by atoms with Gasteiger partial charge in [0.15, 0.2) is 0 Å². The number of carboxylic acids is 1. The number of carbonyl (C=O) groups is 2. The van der Waals surface area contributed by atoms with Crippen molar-refractivity contribution in [3.8, 4) is 0 Å². The molecule has 0 aliphatic carbocycles. The highest BCUT2D eigenvalue weighted by Crippen LogP contribution is 2.26. The second kappa shape index (κ2) is 5.36. The van der Waals surface area contributed by atoms with Gasteiger partial charge in [0.1, 0.15) is 12.1 Å². The number of aryl methyl sites for hydroxylation is 2. The molecule has 0 unspecified atom stereocenters. The third-order valence-corrected chi connectivity index (χ3v) is 3.48. The van der Waals surface area contributed by atoms with Crippen LogP contribution in [-0.2, 0) is 16.0 Å². The van der Waals surface area contributed by atoms with E-state index in [0.29, 0.717) is 0 Å². The first-order valence-corrected chi connectivity index (χ1v) is 6.32. The number of rotatable bonds is 4. The van der Waals surface area contributed by atoms with Crippen molar-refractivity contribution in [3.63, 3.8) is 0 Å². The summed E-state index contributed by atoms with van der Waals surface area (Å²) in [4.78, 5) is 23.8. The average Bonchev–Trinajstić information content (AvgIpc) is 2.77. The van der Waals surface area contributed by atoms with E-state index in [1.54, 1.807) is 6.26 Å². The Morgan fingerprint density at radius 3 is 2.65 bits per heavy atom. The van der Waals surface area contributed by atoms with Crippen molar-refractivity contribution in [2.45, 2.75) is 20.3 Å². The van der Waals surface area contributed by atoms with Crippen molar-refractivity contribution in [1.82, 2.24) is 4.90 Å². The summed E-state index contributed by atoms with van der Waals surface area (Å²) in [5.41, 5.74) is 3.76. The minimum absolute atomic E-state index is 0.138. The van der Waals surface area contributed by atoms with Crippen LogP contribution in [0.25, 0.3) is 11.0 Å². The molecule has 0 radical (unpaired) electrons. The predicted molar refractivity (Wildman–Crippen MR) is 74.7 cm³/mol. The molecule has 0 fully saturated rings. The molecule has 1 amide bonds. The van der Waals surface area contributed by atoms with Crippen molar-refractivity contribution >= 4 is 22.8 Å². The van der Waals surface area contributed by atoms with Crippen LogP contribution in [0.4, 0.5) is 0 Å². The largest absolute Gasteiger partial charge is 0.480 e. The highest BCUT2D eigenvalue weighted by Gasteiger charge is 2.16. The Morgan fingerprint density at radius 2 is 2.00 bits per heavy atom. The molecule has 5 nitrogen and oxygen atoms in total. The summed E-state index contributed by atoms with van der Waals surface area (Å²) in [7, 11) is 1.48. The molecule has 2 rings (SSSR count). The molecule has 1 aromatic carbocycles. The lowest BCUT2D eigenvalue weighted by atomic mass is 10.0. The lowest BCUT2D eigenvalue weighted by Gasteiger charge is -2.13. The van der Waals surface area contributed by atoms with Crippen LogP contribution in [0.5, 0.6) is 0 Å². The zero-order valence-electron chi connectivity index (χ0n) is 11.8. The molecule has 5 heteroatoms. The van der Waals surface area contributed by atoms with E-state index in [0.717, 1.165) is 27.7 Å². The number of furan rings is 1. The number of amides is 1. The van der Waals surface area contributed by atoms with Gasteiger partial charge in [0.2, 0.25) is 5.91 Å². The van der Waals surface area contributed by atoms with Gasteiger partial charge in [0.25, 0.3) is 0 Å². The van der Waals surface area contributed by atoms with Crippen molar-refractivity contribution in [3.05, 3.63) is 35.1 Å². The van der Waals surface area contributed by atoms with Crippen LogP contribution < -0.4 is 0 Å². The van der Waals surface area contributed by atoms with E-state index in [-0.39, 0.29) is 18.9 Å². The van der Waals surface area contributed by atoms with Crippen LogP contribution in [0.3, 0.4) is 0 Å². The van der Waals surface area contributed by atoms with Crippen LogP contribution in [0, 0.1) is 13.8 Å². The fourth-order valence-corrected chi connectivity index (χ4v) is 2.11. The SMILES string of the molecule is Cc1ccc2c(CC(=O)N(C)CC(=O)O)coc2c1C. The van der Waals surface area contributed by atoms with Gasteiger partial charge in [-0.1, -0.05) is 12.1 Å². The minimum atomic E-state index is -1.02. The molecule has 0 saturated heterocycles. The van der Waals surface area contributed by atoms with E-state index >= 15 is 0 Å². The Bertz CT molecular complexity index is 672. The number of carbonyl (C=O) groups excluding carboxylic acids is 1. The topological polar surface area (TPSA) is 70.8 Å². The molecule has 0 bridgehead atoms. The summed E-state index contributed by atoms with van der Waals surface area (Å²) in [6.07, 6.45) is 1.71. The summed E-state index contributed by atoms with van der Waals surface area (Å²) in [6, 6.07) is 3.92. The van der Waals surface area contributed by atoms with Gasteiger partial charge in [-0.25, -0.2) is 0 Å². The van der Waals surface area contributed by atoms with Gasteiger partial charge in [-0.15, -0.1) is 0 Å². The normalized spacial score (nSPS) is 10.8. The monoisotopic (exact) mass is 275 g/mol. The van der Waals surface area contributed by atoms with Crippen molar-refractivity contribution in [2.75, 3.05) is 13.6 Å². The predicted octanol–water partition coefficient (Wildman–Crippen LogP) is 2.14. The van der Waals surface area contributed by atoms with Crippen LogP contribution in [0.2, 0.25) is 0 Å². The summed E-state index contributed by atoms with van der Waals surface area (Å²) in [5, 5.41) is 9.59. The number of hydrogen-bond acceptors (Lipinski definition) is 3. The molecule has 0 aliphatic heterocycles. The van der Waals surface area contributed by atoms with Gasteiger partial charge in [0, 0.05) is 18.0 Å². The highest BCUT2D eigenvalue weighted by atomic mass is 16.4. The first kappa shape index (κ1) is 14.1. The number of nitrogens with zero attached hydrogens (tertiary/aromatic N) is 1. The fraction of sp³-hybridized carbons (Fsp3) is 0.333. The molecule has 0 saturated carbocycles. The lowest BCUT2D eigenvalue weighted by molar-refractivity contribution is -0.143. The van der Waals surface area contributed by atoms with Crippen LogP contribution in [0.1, 0.15) is 16.7 Å². The molecule has 2 aromatic rings. The van der Waals surface area contributed by atoms with Gasteiger partial charge in [-0.2, -0.15) is 0 Å². The molecule has 0 aliphatic rings. The average molecular weight is 275 g/mol. The van der Waals surface area contributed by atoms with Crippen molar-refractivity contribution in [2.24, 2.45) is 0 Å². The lowest BCUT2D eigenvalue weighted by Crippen LogP contribution is -2.32. The van der Waals surface area contributed by atoms with Gasteiger partial charge >= 0.3 is 5.97 Å². The maximum Gasteiger partial charge on any atom is 0.323 e. The van der Waals surface area contributed by atoms with Gasteiger partial charge in [-0.05, 0) is 25.0 Å². The summed E-state index contributed by atoms with van der Waals surface area (Å²) >= 11 is 0. The fourth-order valence-electron chi connectivity index (χ4n) is 2.11. The Kier molecular flexibility index (Phi) is 3.79. The first-order chi connectivity index (χ1) is 9.40. The second-order valence-electron chi connectivity index (χ2n) is 4.97. The van der Waals surface area contributed by atoms with Crippen LogP contribution in [-0.4, -0.2) is 35.5 Å². The Labute approximate surface area is 116 Å². The summed E-state index contributed by atoms with van der Waals surface area (Å²) in [6.45, 7) is 3.68. The minimum Gasteiger partial charge on any atom is -0.480 e. The molecule has 0 spiro atoms. The van der Waals surface area contributed by atoms with E-state index < -0.39 is 5.97 Å². The third-order valence-electron chi connectivity index (χ3n) is 3.48. The molecule has 0 atom stereocenters. The molecule has 106 valence electrons. The zero-order chi connectivity index (χ0) is 14.9. The maximum atomic E-state index is 12.0. The van der Waals surface area contributed by atoms with Crippen molar-refractivity contribution in [1.29, 1.82) is 0 Å². The maximum absolute atomic E-state index is 12.0. The van der Waals surface area contributed by atoms with Gasteiger partial charge in [-0.3, -0.25) is 9.59 Å². The Balaban J connectivity index is 2.24. The van der Waals surface area contributed by atoms with Gasteiger partial charge in [0.05, 0.1) is 12.7 Å². The smallest absolute Gasteiger partial charge is 0.323 e. The number of aliphatic carboxylic acids is 1. The summed E-state index contributed by atoms with van der Waals surface area (Å²) < 4.78 is 5.54.